The summed E-state index contributed by atoms with van der Waals surface area (Å²) in [5.74, 6) is 0.894. The maximum Gasteiger partial charge on any atom is 0.122 e. The van der Waals surface area contributed by atoms with Crippen molar-refractivity contribution in [2.24, 2.45) is 0 Å². The molecule has 1 heterocycles. The van der Waals surface area contributed by atoms with Gasteiger partial charge < -0.3 is 4.74 Å². The Hall–Kier alpha value is -1.90. The Morgan fingerprint density at radius 2 is 2.00 bits per heavy atom. The molecular formula is C13H14N2O. The van der Waals surface area contributed by atoms with Crippen molar-refractivity contribution < 1.29 is 4.74 Å². The van der Waals surface area contributed by atoms with E-state index in [1.54, 1.807) is 19.5 Å². The van der Waals surface area contributed by atoms with Gasteiger partial charge in [0.15, 0.2) is 0 Å². The third-order valence-electron chi connectivity index (χ3n) is 2.37. The molecule has 0 atom stereocenters. The molecule has 0 saturated carbocycles. The summed E-state index contributed by atoms with van der Waals surface area (Å²) in [5, 5.41) is 0. The van der Waals surface area contributed by atoms with E-state index in [0.717, 1.165) is 29.1 Å². The molecule has 0 saturated heterocycles. The molecule has 0 N–H and O–H groups in total. The molecule has 0 spiro atoms. The van der Waals surface area contributed by atoms with Crippen LogP contribution in [0.25, 0.3) is 0 Å². The summed E-state index contributed by atoms with van der Waals surface area (Å²) < 4.78 is 5.30. The third kappa shape index (κ3) is 2.37. The van der Waals surface area contributed by atoms with Crippen molar-refractivity contribution in [1.29, 1.82) is 0 Å². The lowest BCUT2D eigenvalue weighted by Gasteiger charge is -2.07. The Kier molecular flexibility index (Phi) is 3.15. The second-order valence-corrected chi connectivity index (χ2v) is 3.64. The highest BCUT2D eigenvalue weighted by Crippen LogP contribution is 2.19. The number of hydrogen-bond donors (Lipinski definition) is 0. The quantitative estimate of drug-likeness (QED) is 0.786. The summed E-state index contributed by atoms with van der Waals surface area (Å²) in [7, 11) is 1.68. The monoisotopic (exact) mass is 214 g/mol. The van der Waals surface area contributed by atoms with Gasteiger partial charge in [0.1, 0.15) is 5.75 Å². The maximum atomic E-state index is 5.30. The average Bonchev–Trinajstić information content (AvgIpc) is 2.30. The van der Waals surface area contributed by atoms with Crippen molar-refractivity contribution in [1.82, 2.24) is 9.97 Å². The smallest absolute Gasteiger partial charge is 0.122 e. The molecule has 2 aromatic rings. The van der Waals surface area contributed by atoms with Gasteiger partial charge in [-0.2, -0.15) is 0 Å². The van der Waals surface area contributed by atoms with Gasteiger partial charge in [-0.15, -0.1) is 0 Å². The van der Waals surface area contributed by atoms with Gasteiger partial charge in [0.2, 0.25) is 0 Å². The van der Waals surface area contributed by atoms with E-state index in [1.807, 2.05) is 31.2 Å². The third-order valence-corrected chi connectivity index (χ3v) is 2.37. The Labute approximate surface area is 95.1 Å². The van der Waals surface area contributed by atoms with Crippen LogP contribution in [0, 0.1) is 6.92 Å². The van der Waals surface area contributed by atoms with Crippen molar-refractivity contribution in [3.8, 4) is 5.75 Å². The Bertz CT molecular complexity index is 483. The van der Waals surface area contributed by atoms with Crippen molar-refractivity contribution in [2.75, 3.05) is 7.11 Å². The minimum atomic E-state index is 0.749. The summed E-state index contributed by atoms with van der Waals surface area (Å²) in [6.45, 7) is 1.94. The number of benzene rings is 1. The number of aryl methyl sites for hydroxylation is 1. The van der Waals surface area contributed by atoms with Crippen LogP contribution in [-0.4, -0.2) is 17.1 Å². The lowest BCUT2D eigenvalue weighted by molar-refractivity contribution is 0.410. The number of hydrogen-bond acceptors (Lipinski definition) is 3. The molecule has 1 aromatic carbocycles. The summed E-state index contributed by atoms with van der Waals surface area (Å²) in [6, 6.07) is 7.97. The van der Waals surface area contributed by atoms with Crippen LogP contribution in [0.2, 0.25) is 0 Å². The molecule has 0 aliphatic rings. The van der Waals surface area contributed by atoms with E-state index in [1.165, 1.54) is 0 Å². The Morgan fingerprint density at radius 3 is 2.75 bits per heavy atom. The zero-order valence-electron chi connectivity index (χ0n) is 9.47. The average molecular weight is 214 g/mol. The van der Waals surface area contributed by atoms with E-state index in [9.17, 15) is 0 Å². The Morgan fingerprint density at radius 1 is 1.19 bits per heavy atom. The van der Waals surface area contributed by atoms with Crippen LogP contribution in [0.1, 0.15) is 17.0 Å². The molecule has 3 nitrogen and oxygen atoms in total. The number of methoxy groups -OCH3 is 1. The second kappa shape index (κ2) is 4.75. The molecular weight excluding hydrogens is 200 g/mol. The highest BCUT2D eigenvalue weighted by Gasteiger charge is 2.04. The van der Waals surface area contributed by atoms with Gasteiger partial charge in [-0.25, -0.2) is 0 Å². The van der Waals surface area contributed by atoms with Crippen LogP contribution in [0.15, 0.2) is 36.7 Å². The molecule has 0 amide bonds. The first-order valence-corrected chi connectivity index (χ1v) is 5.19. The van der Waals surface area contributed by atoms with Gasteiger partial charge in [0.25, 0.3) is 0 Å². The van der Waals surface area contributed by atoms with E-state index in [4.69, 9.17) is 4.74 Å². The van der Waals surface area contributed by atoms with E-state index in [2.05, 4.69) is 9.97 Å². The van der Waals surface area contributed by atoms with Gasteiger partial charge in [-0.3, -0.25) is 9.97 Å². The van der Waals surface area contributed by atoms with E-state index in [0.29, 0.717) is 0 Å². The minimum Gasteiger partial charge on any atom is -0.496 e. The summed E-state index contributed by atoms with van der Waals surface area (Å²) in [6.07, 6.45) is 4.30. The van der Waals surface area contributed by atoms with Crippen molar-refractivity contribution >= 4 is 0 Å². The molecule has 16 heavy (non-hydrogen) atoms. The fraction of sp³-hybridized carbons (Fsp3) is 0.231. The molecule has 0 aliphatic heterocycles. The lowest BCUT2D eigenvalue weighted by atomic mass is 10.1. The van der Waals surface area contributed by atoms with Crippen LogP contribution >= 0.6 is 0 Å². The number of nitrogens with zero attached hydrogens (tertiary/aromatic N) is 2. The lowest BCUT2D eigenvalue weighted by Crippen LogP contribution is -1.97. The van der Waals surface area contributed by atoms with Gasteiger partial charge >= 0.3 is 0 Å². The van der Waals surface area contributed by atoms with E-state index < -0.39 is 0 Å². The molecule has 82 valence electrons. The van der Waals surface area contributed by atoms with Crippen molar-refractivity contribution in [3.63, 3.8) is 0 Å². The fourth-order valence-electron chi connectivity index (χ4n) is 1.64. The number of ether oxygens (including phenoxy) is 1. The van der Waals surface area contributed by atoms with Crippen LogP contribution in [0.3, 0.4) is 0 Å². The Balaban J connectivity index is 2.26. The summed E-state index contributed by atoms with van der Waals surface area (Å²) in [5.41, 5.74) is 3.03. The highest BCUT2D eigenvalue weighted by molar-refractivity contribution is 5.35. The number of rotatable bonds is 3. The highest BCUT2D eigenvalue weighted by atomic mass is 16.5. The first-order chi connectivity index (χ1) is 7.79. The normalized spacial score (nSPS) is 10.1. The molecule has 0 bridgehead atoms. The summed E-state index contributed by atoms with van der Waals surface area (Å²) in [4.78, 5) is 8.56. The number of para-hydroxylation sites is 1. The molecule has 0 unspecified atom stereocenters. The topological polar surface area (TPSA) is 35.0 Å². The second-order valence-electron chi connectivity index (χ2n) is 3.64. The molecule has 0 fully saturated rings. The maximum absolute atomic E-state index is 5.30. The molecule has 2 rings (SSSR count). The predicted octanol–water partition coefficient (Wildman–Crippen LogP) is 2.38. The van der Waals surface area contributed by atoms with Gasteiger partial charge in [0.05, 0.1) is 18.5 Å². The zero-order valence-corrected chi connectivity index (χ0v) is 9.47. The minimum absolute atomic E-state index is 0.749. The number of aromatic nitrogens is 2. The first-order valence-electron chi connectivity index (χ1n) is 5.19. The van der Waals surface area contributed by atoms with Crippen LogP contribution in [0.5, 0.6) is 5.75 Å². The zero-order chi connectivity index (χ0) is 11.4. The van der Waals surface area contributed by atoms with Gasteiger partial charge in [0, 0.05) is 24.4 Å². The van der Waals surface area contributed by atoms with Crippen molar-refractivity contribution in [3.05, 3.63) is 53.6 Å². The predicted molar refractivity (Wildman–Crippen MR) is 62.6 cm³/mol. The molecule has 0 radical (unpaired) electrons. The van der Waals surface area contributed by atoms with Crippen LogP contribution in [0.4, 0.5) is 0 Å². The SMILES string of the molecule is COc1ccccc1Cc1cncc(C)n1. The fourth-order valence-corrected chi connectivity index (χ4v) is 1.64. The largest absolute Gasteiger partial charge is 0.496 e. The standard InChI is InChI=1S/C13H14N2O/c1-10-8-14-9-12(15-10)7-11-5-3-4-6-13(11)16-2/h3-6,8-9H,7H2,1-2H3. The van der Waals surface area contributed by atoms with Crippen LogP contribution in [-0.2, 0) is 6.42 Å². The first kappa shape index (κ1) is 10.6. The van der Waals surface area contributed by atoms with Gasteiger partial charge in [-0.05, 0) is 13.0 Å². The van der Waals surface area contributed by atoms with Crippen molar-refractivity contribution in [2.45, 2.75) is 13.3 Å². The van der Waals surface area contributed by atoms with E-state index in [-0.39, 0.29) is 0 Å². The van der Waals surface area contributed by atoms with Gasteiger partial charge in [-0.1, -0.05) is 18.2 Å². The summed E-state index contributed by atoms with van der Waals surface area (Å²) >= 11 is 0. The molecule has 3 heteroatoms. The molecule has 1 aromatic heterocycles. The molecule has 0 aliphatic carbocycles. The van der Waals surface area contributed by atoms with E-state index >= 15 is 0 Å². The van der Waals surface area contributed by atoms with Crippen LogP contribution < -0.4 is 4.74 Å².